The maximum Gasteiger partial charge on any atom is 0.241 e. The summed E-state index contributed by atoms with van der Waals surface area (Å²) >= 11 is 3.34. The molecule has 0 radical (unpaired) electrons. The molecule has 0 aliphatic carbocycles. The molecule has 0 saturated heterocycles. The van der Waals surface area contributed by atoms with Gasteiger partial charge < -0.3 is 4.74 Å². The minimum Gasteiger partial charge on any atom is -0.479 e. The Morgan fingerprint density at radius 2 is 2.31 bits per heavy atom. The van der Waals surface area contributed by atoms with Crippen LogP contribution in [0.5, 0.6) is 5.88 Å². The standard InChI is InChI=1S/C7H7BrN4O/c1-12-6-5(10-11-12)4(8)3-9-7(6)13-2/h3H,1-2H3. The summed E-state index contributed by atoms with van der Waals surface area (Å²) in [5.41, 5.74) is 1.55. The first-order chi connectivity index (χ1) is 6.24. The van der Waals surface area contributed by atoms with E-state index >= 15 is 0 Å². The van der Waals surface area contributed by atoms with Crippen molar-refractivity contribution in [3.05, 3.63) is 10.7 Å². The number of pyridine rings is 1. The van der Waals surface area contributed by atoms with Crippen LogP contribution in [0.1, 0.15) is 0 Å². The van der Waals surface area contributed by atoms with Crippen molar-refractivity contribution in [3.63, 3.8) is 0 Å². The molecule has 0 aliphatic heterocycles. The molecule has 2 aromatic heterocycles. The number of hydrogen-bond donors (Lipinski definition) is 0. The highest BCUT2D eigenvalue weighted by molar-refractivity contribution is 9.10. The number of aromatic nitrogens is 4. The normalized spacial score (nSPS) is 10.7. The van der Waals surface area contributed by atoms with E-state index in [4.69, 9.17) is 4.74 Å². The van der Waals surface area contributed by atoms with E-state index in [9.17, 15) is 0 Å². The molecule has 0 atom stereocenters. The van der Waals surface area contributed by atoms with Crippen LogP contribution < -0.4 is 4.74 Å². The van der Waals surface area contributed by atoms with Gasteiger partial charge in [0.2, 0.25) is 5.88 Å². The molecule has 0 fully saturated rings. The number of hydrogen-bond acceptors (Lipinski definition) is 4. The van der Waals surface area contributed by atoms with E-state index in [-0.39, 0.29) is 0 Å². The Morgan fingerprint density at radius 1 is 1.54 bits per heavy atom. The van der Waals surface area contributed by atoms with Gasteiger partial charge in [0.25, 0.3) is 0 Å². The van der Waals surface area contributed by atoms with Crippen molar-refractivity contribution in [2.75, 3.05) is 7.11 Å². The molecule has 0 bridgehead atoms. The highest BCUT2D eigenvalue weighted by Gasteiger charge is 2.11. The SMILES string of the molecule is COc1ncc(Br)c2nnn(C)c12. The maximum absolute atomic E-state index is 5.09. The molecule has 2 rings (SSSR count). The fraction of sp³-hybridized carbons (Fsp3) is 0.286. The molecule has 0 amide bonds. The molecule has 0 spiro atoms. The first-order valence-corrected chi connectivity index (χ1v) is 4.41. The van der Waals surface area contributed by atoms with Gasteiger partial charge in [0.1, 0.15) is 5.52 Å². The molecule has 0 aromatic carbocycles. The van der Waals surface area contributed by atoms with Crippen molar-refractivity contribution in [1.82, 2.24) is 20.0 Å². The minimum atomic E-state index is 0.533. The summed E-state index contributed by atoms with van der Waals surface area (Å²) in [5, 5.41) is 7.85. The van der Waals surface area contributed by atoms with E-state index in [2.05, 4.69) is 31.2 Å². The van der Waals surface area contributed by atoms with Gasteiger partial charge in [-0.1, -0.05) is 5.21 Å². The van der Waals surface area contributed by atoms with Gasteiger partial charge in [-0.15, -0.1) is 5.10 Å². The summed E-state index contributed by atoms with van der Waals surface area (Å²) in [6.07, 6.45) is 1.65. The van der Waals surface area contributed by atoms with Crippen LogP contribution in [0.25, 0.3) is 11.0 Å². The van der Waals surface area contributed by atoms with Crippen molar-refractivity contribution in [1.29, 1.82) is 0 Å². The van der Waals surface area contributed by atoms with Crippen molar-refractivity contribution < 1.29 is 4.74 Å². The monoisotopic (exact) mass is 242 g/mol. The Bertz CT molecular complexity index is 453. The highest BCUT2D eigenvalue weighted by atomic mass is 79.9. The van der Waals surface area contributed by atoms with Crippen molar-refractivity contribution >= 4 is 27.0 Å². The predicted molar refractivity (Wildman–Crippen MR) is 50.6 cm³/mol. The molecule has 6 heteroatoms. The fourth-order valence-electron chi connectivity index (χ4n) is 1.14. The smallest absolute Gasteiger partial charge is 0.241 e. The zero-order valence-electron chi connectivity index (χ0n) is 7.15. The van der Waals surface area contributed by atoms with Crippen LogP contribution in [0.4, 0.5) is 0 Å². The second-order valence-corrected chi connectivity index (χ2v) is 3.38. The summed E-state index contributed by atoms with van der Waals surface area (Å²) < 4.78 is 7.54. The van der Waals surface area contributed by atoms with Crippen LogP contribution in [-0.4, -0.2) is 27.1 Å². The molecular formula is C7H7BrN4O. The molecule has 0 saturated carbocycles. The number of ether oxygens (including phenoxy) is 1. The zero-order chi connectivity index (χ0) is 9.42. The van der Waals surface area contributed by atoms with Gasteiger partial charge in [-0.05, 0) is 15.9 Å². The minimum absolute atomic E-state index is 0.533. The van der Waals surface area contributed by atoms with E-state index in [1.54, 1.807) is 25.0 Å². The lowest BCUT2D eigenvalue weighted by Crippen LogP contribution is -1.95. The number of fused-ring (bicyclic) bond motifs is 1. The van der Waals surface area contributed by atoms with Gasteiger partial charge in [0, 0.05) is 13.2 Å². The summed E-state index contributed by atoms with van der Waals surface area (Å²) in [6.45, 7) is 0. The van der Waals surface area contributed by atoms with Gasteiger partial charge >= 0.3 is 0 Å². The van der Waals surface area contributed by atoms with Crippen LogP contribution in [-0.2, 0) is 7.05 Å². The van der Waals surface area contributed by atoms with Gasteiger partial charge in [-0.2, -0.15) is 0 Å². The topological polar surface area (TPSA) is 52.8 Å². The van der Waals surface area contributed by atoms with E-state index in [0.29, 0.717) is 5.88 Å². The molecule has 2 aromatic rings. The first kappa shape index (κ1) is 8.43. The van der Waals surface area contributed by atoms with Crippen LogP contribution in [0.15, 0.2) is 10.7 Å². The average Bonchev–Trinajstić information content (AvgIpc) is 2.51. The third-order valence-electron chi connectivity index (χ3n) is 1.74. The Morgan fingerprint density at radius 3 is 3.00 bits per heavy atom. The Kier molecular flexibility index (Phi) is 1.91. The third kappa shape index (κ3) is 1.17. The summed E-state index contributed by atoms with van der Waals surface area (Å²) in [6, 6.07) is 0. The van der Waals surface area contributed by atoms with E-state index in [1.807, 2.05) is 0 Å². The zero-order valence-corrected chi connectivity index (χ0v) is 8.74. The Balaban J connectivity index is 2.88. The summed E-state index contributed by atoms with van der Waals surface area (Å²) in [4.78, 5) is 4.09. The van der Waals surface area contributed by atoms with Crippen LogP contribution in [0.3, 0.4) is 0 Å². The molecule has 0 N–H and O–H groups in total. The largest absolute Gasteiger partial charge is 0.479 e. The molecule has 68 valence electrons. The van der Waals surface area contributed by atoms with E-state index in [1.165, 1.54) is 0 Å². The molecule has 0 unspecified atom stereocenters. The maximum atomic E-state index is 5.09. The first-order valence-electron chi connectivity index (χ1n) is 3.62. The van der Waals surface area contributed by atoms with Gasteiger partial charge in [-0.25, -0.2) is 9.67 Å². The number of methoxy groups -OCH3 is 1. The quantitative estimate of drug-likeness (QED) is 0.753. The van der Waals surface area contributed by atoms with Crippen molar-refractivity contribution in [3.8, 4) is 5.88 Å². The fourth-order valence-corrected chi connectivity index (χ4v) is 1.51. The van der Waals surface area contributed by atoms with Crippen LogP contribution >= 0.6 is 15.9 Å². The highest BCUT2D eigenvalue weighted by Crippen LogP contribution is 2.26. The van der Waals surface area contributed by atoms with Gasteiger partial charge in [-0.3, -0.25) is 0 Å². The van der Waals surface area contributed by atoms with Crippen LogP contribution in [0.2, 0.25) is 0 Å². The van der Waals surface area contributed by atoms with E-state index < -0.39 is 0 Å². The van der Waals surface area contributed by atoms with Crippen LogP contribution in [0, 0.1) is 0 Å². The molecule has 2 heterocycles. The lowest BCUT2D eigenvalue weighted by atomic mass is 10.4. The number of aryl methyl sites for hydroxylation is 1. The number of rotatable bonds is 1. The molecule has 13 heavy (non-hydrogen) atoms. The number of nitrogens with zero attached hydrogens (tertiary/aromatic N) is 4. The second kappa shape index (κ2) is 2.95. The Hall–Kier alpha value is -1.17. The van der Waals surface area contributed by atoms with Gasteiger partial charge in [0.05, 0.1) is 11.6 Å². The summed E-state index contributed by atoms with van der Waals surface area (Å²) in [5.74, 6) is 0.533. The van der Waals surface area contributed by atoms with Crippen molar-refractivity contribution in [2.24, 2.45) is 7.05 Å². The third-order valence-corrected chi connectivity index (χ3v) is 2.32. The lowest BCUT2D eigenvalue weighted by molar-refractivity contribution is 0.400. The number of halogens is 1. The molecule has 5 nitrogen and oxygen atoms in total. The molecular weight excluding hydrogens is 236 g/mol. The average molecular weight is 243 g/mol. The van der Waals surface area contributed by atoms with E-state index in [0.717, 1.165) is 15.5 Å². The summed E-state index contributed by atoms with van der Waals surface area (Å²) in [7, 11) is 3.37. The molecule has 0 aliphatic rings. The second-order valence-electron chi connectivity index (χ2n) is 2.53. The Labute approximate surface area is 82.8 Å². The van der Waals surface area contributed by atoms with Gasteiger partial charge in [0.15, 0.2) is 5.52 Å². The predicted octanol–water partition coefficient (Wildman–Crippen LogP) is 1.13. The van der Waals surface area contributed by atoms with Crippen molar-refractivity contribution in [2.45, 2.75) is 0 Å². The lowest BCUT2D eigenvalue weighted by Gasteiger charge is -2.00.